The lowest BCUT2D eigenvalue weighted by molar-refractivity contribution is -0.0625. The maximum atomic E-state index is 14.3. The van der Waals surface area contributed by atoms with Gasteiger partial charge in [0.05, 0.1) is 31.7 Å². The largest absolute Gasteiger partial charge is 0.509 e. The van der Waals surface area contributed by atoms with Crippen LogP contribution < -0.4 is 17.0 Å². The summed E-state index contributed by atoms with van der Waals surface area (Å²) in [7, 11) is 2.76. The van der Waals surface area contributed by atoms with E-state index in [9.17, 15) is 29.2 Å². The Morgan fingerprint density at radius 3 is 2.67 bits per heavy atom. The number of aromatic nitrogens is 4. The van der Waals surface area contributed by atoms with Gasteiger partial charge in [0.1, 0.15) is 42.2 Å². The van der Waals surface area contributed by atoms with Gasteiger partial charge in [-0.05, 0) is 20.6 Å². The number of ether oxygens (including phenoxy) is 5. The third kappa shape index (κ3) is 8.60. The molecule has 0 bridgehead atoms. The van der Waals surface area contributed by atoms with E-state index in [1.54, 1.807) is 13.8 Å². The van der Waals surface area contributed by atoms with Crippen LogP contribution in [0.5, 0.6) is 0 Å². The molecular weight excluding hydrogens is 681 g/mol. The minimum absolute atomic E-state index is 0.0579. The molecule has 2 aromatic rings. The van der Waals surface area contributed by atoms with E-state index in [1.165, 1.54) is 31.2 Å². The molecule has 0 amide bonds. The number of aliphatic hydroxyl groups excluding tert-OH is 2. The van der Waals surface area contributed by atoms with Crippen LogP contribution in [0.25, 0.3) is 0 Å². The van der Waals surface area contributed by atoms with Crippen molar-refractivity contribution >= 4 is 42.7 Å². The molecule has 2 aliphatic rings. The Labute approximate surface area is 277 Å². The summed E-state index contributed by atoms with van der Waals surface area (Å²) in [6.07, 6.45) is -6.74. The van der Waals surface area contributed by atoms with Crippen LogP contribution in [0.4, 0.5) is 10.6 Å². The van der Waals surface area contributed by atoms with Crippen molar-refractivity contribution in [2.24, 2.45) is 15.7 Å². The lowest BCUT2D eigenvalue weighted by atomic mass is 10.1. The third-order valence-electron chi connectivity index (χ3n) is 7.15. The molecule has 0 aromatic carbocycles. The Morgan fingerprint density at radius 1 is 1.29 bits per heavy atom. The number of nitrogens with one attached hydrogen (secondary N) is 1. The van der Waals surface area contributed by atoms with Gasteiger partial charge in [0.2, 0.25) is 0 Å². The van der Waals surface area contributed by atoms with E-state index in [-0.39, 0.29) is 23.8 Å². The number of carbonyl (C=O) groups excluding carboxylic acids is 1. The number of aliphatic imine (C=N–C) groups is 2. The first kappa shape index (κ1) is 37.4. The molecular formula is C26H38N7O13PS. The van der Waals surface area contributed by atoms with Gasteiger partial charge in [-0.3, -0.25) is 33.0 Å². The number of imidazole rings is 1. The summed E-state index contributed by atoms with van der Waals surface area (Å²) in [5, 5.41) is 20.9. The van der Waals surface area contributed by atoms with E-state index in [0.717, 1.165) is 10.6 Å². The van der Waals surface area contributed by atoms with Crippen LogP contribution in [0.1, 0.15) is 38.4 Å². The highest BCUT2D eigenvalue weighted by atomic mass is 32.7. The number of rotatable bonds is 15. The molecule has 48 heavy (non-hydrogen) atoms. The normalized spacial score (nSPS) is 27.2. The lowest BCUT2D eigenvalue weighted by Gasteiger charge is -2.28. The molecule has 22 heteroatoms. The van der Waals surface area contributed by atoms with E-state index in [1.807, 2.05) is 0 Å². The highest BCUT2D eigenvalue weighted by molar-refractivity contribution is 8.55. The molecule has 4 unspecified atom stereocenters. The lowest BCUT2D eigenvalue weighted by Crippen LogP contribution is -2.39. The Kier molecular flexibility index (Phi) is 12.7. The van der Waals surface area contributed by atoms with E-state index in [4.69, 9.17) is 38.5 Å². The fourth-order valence-corrected chi connectivity index (χ4v) is 7.70. The van der Waals surface area contributed by atoms with Crippen LogP contribution in [0.15, 0.2) is 38.2 Å². The number of aromatic amines is 1. The summed E-state index contributed by atoms with van der Waals surface area (Å²) >= 11 is 0.467. The zero-order chi connectivity index (χ0) is 35.2. The summed E-state index contributed by atoms with van der Waals surface area (Å²) < 4.78 is 55.8. The third-order valence-corrected chi connectivity index (χ3v) is 10.5. The Hall–Kier alpha value is -3.40. The van der Waals surface area contributed by atoms with Crippen LogP contribution in [-0.4, -0.2) is 118 Å². The second-order valence-electron chi connectivity index (χ2n) is 10.6. The molecule has 0 spiro atoms. The molecule has 5 N–H and O–H groups in total. The summed E-state index contributed by atoms with van der Waals surface area (Å²) in [6.45, 7) is 1.23. The monoisotopic (exact) mass is 719 g/mol. The van der Waals surface area contributed by atoms with Crippen molar-refractivity contribution in [2.45, 2.75) is 69.3 Å². The Balaban J connectivity index is 1.54. The maximum Gasteiger partial charge on any atom is 0.509 e. The number of hydrogen-bond acceptors (Lipinski definition) is 17. The molecule has 8 atom stereocenters. The van der Waals surface area contributed by atoms with Crippen molar-refractivity contribution in [2.75, 3.05) is 33.3 Å². The highest BCUT2D eigenvalue weighted by Crippen LogP contribution is 2.63. The van der Waals surface area contributed by atoms with E-state index < -0.39 is 92.4 Å². The topological polar surface area (TPSA) is 263 Å². The van der Waals surface area contributed by atoms with Crippen LogP contribution in [0.3, 0.4) is 0 Å². The van der Waals surface area contributed by atoms with Crippen LogP contribution in [-0.2, 0) is 37.3 Å². The molecule has 2 aromatic heterocycles. The summed E-state index contributed by atoms with van der Waals surface area (Å²) in [4.78, 5) is 50.3. The molecule has 0 aliphatic carbocycles. The standard InChI is InChI=1S/C26H38N7O13PS/c1-13(2)43-26(38)41-12-48-47(39,46-20-15(9-34)45-24(21(20)40-5)32-7-6-17(36)31-25(32)37)42-10-16-14(35)8-18(44-16)33-11-30-19(22(27)28-3)23(33)29-4/h6-7,11,13-16,18,20-21,24,34-35H,4,8-10,12H2,1-3,5H3,(H2,27,28)(H,31,36,37)/t14?,15-,16-,18-,20?,21?,24-,47?/m1/s1. The first-order valence-corrected chi connectivity index (χ1v) is 17.6. The highest BCUT2D eigenvalue weighted by Gasteiger charge is 2.51. The van der Waals surface area contributed by atoms with Gasteiger partial charge in [0.15, 0.2) is 18.0 Å². The zero-order valence-electron chi connectivity index (χ0n) is 26.4. The van der Waals surface area contributed by atoms with Gasteiger partial charge in [-0.15, -0.1) is 0 Å². The van der Waals surface area contributed by atoms with Gasteiger partial charge in [0.25, 0.3) is 5.56 Å². The molecule has 266 valence electrons. The van der Waals surface area contributed by atoms with Gasteiger partial charge in [0, 0.05) is 44.2 Å². The predicted molar refractivity (Wildman–Crippen MR) is 169 cm³/mol. The van der Waals surface area contributed by atoms with Crippen LogP contribution in [0.2, 0.25) is 0 Å². The van der Waals surface area contributed by atoms with Gasteiger partial charge >= 0.3 is 18.6 Å². The number of H-pyrrole nitrogens is 1. The number of amidine groups is 1. The molecule has 4 rings (SSSR count). The van der Waals surface area contributed by atoms with Crippen molar-refractivity contribution in [3.05, 3.63) is 45.1 Å². The number of nitrogens with two attached hydrogens (primary N) is 1. The Bertz CT molecular complexity index is 1630. The summed E-state index contributed by atoms with van der Waals surface area (Å²) in [5.41, 5.74) is 4.69. The van der Waals surface area contributed by atoms with Gasteiger partial charge in [-0.2, -0.15) is 0 Å². The molecule has 2 aliphatic heterocycles. The fraction of sp³-hybridized carbons (Fsp3) is 0.615. The first-order chi connectivity index (χ1) is 22.8. The molecule has 2 saturated heterocycles. The average Bonchev–Trinajstić information content (AvgIpc) is 3.73. The minimum atomic E-state index is -4.40. The van der Waals surface area contributed by atoms with Gasteiger partial charge in [-0.1, -0.05) is 0 Å². The summed E-state index contributed by atoms with van der Waals surface area (Å²) in [5.74, 6) is -0.183. The van der Waals surface area contributed by atoms with Gasteiger partial charge in [-0.25, -0.2) is 24.1 Å². The van der Waals surface area contributed by atoms with Crippen molar-refractivity contribution in [3.63, 3.8) is 0 Å². The number of nitrogens with zero attached hydrogens (tertiary/aromatic N) is 5. The van der Waals surface area contributed by atoms with E-state index in [0.29, 0.717) is 11.4 Å². The van der Waals surface area contributed by atoms with E-state index in [2.05, 4.69) is 26.7 Å². The number of aliphatic hydroxyl groups is 2. The van der Waals surface area contributed by atoms with Crippen molar-refractivity contribution in [1.82, 2.24) is 19.1 Å². The number of hydrogen-bond donors (Lipinski definition) is 4. The SMILES string of the molecule is C=Nc1c(C(N)=NC)ncn1[C@H]1CC(O)[C@@H](COP(=O)(OC2C(OC)[C@H](n3ccc(=O)[nH]c3=O)O[C@@H]2CO)SCOC(=O)OC(C)C)O1. The molecule has 2 fully saturated rings. The predicted octanol–water partition coefficient (Wildman–Crippen LogP) is 0.416. The fourth-order valence-electron chi connectivity index (χ4n) is 4.91. The average molecular weight is 720 g/mol. The van der Waals surface area contributed by atoms with Crippen LogP contribution in [0, 0.1) is 0 Å². The Morgan fingerprint density at radius 2 is 2.04 bits per heavy atom. The van der Waals surface area contributed by atoms with Crippen molar-refractivity contribution < 1.29 is 52.3 Å². The van der Waals surface area contributed by atoms with Gasteiger partial charge < -0.3 is 39.6 Å². The minimum Gasteiger partial charge on any atom is -0.432 e. The van der Waals surface area contributed by atoms with Crippen molar-refractivity contribution in [1.29, 1.82) is 0 Å². The maximum absolute atomic E-state index is 14.3. The number of carbonyl (C=O) groups is 1. The molecule has 0 saturated carbocycles. The summed E-state index contributed by atoms with van der Waals surface area (Å²) in [6, 6.07) is 1.09. The molecule has 4 heterocycles. The molecule has 0 radical (unpaired) electrons. The molecule has 20 nitrogen and oxygen atoms in total. The quantitative estimate of drug-likeness (QED) is 0.0639. The zero-order valence-corrected chi connectivity index (χ0v) is 28.2. The second kappa shape index (κ2) is 16.3. The van der Waals surface area contributed by atoms with Crippen LogP contribution >= 0.6 is 18.2 Å². The smallest absolute Gasteiger partial charge is 0.432 e. The second-order valence-corrected chi connectivity index (χ2v) is 14.6. The number of methoxy groups -OCH3 is 1. The first-order valence-electron chi connectivity index (χ1n) is 14.5. The van der Waals surface area contributed by atoms with Crippen molar-refractivity contribution in [3.8, 4) is 0 Å². The van der Waals surface area contributed by atoms with E-state index >= 15 is 0 Å².